The van der Waals surface area contributed by atoms with Crippen molar-refractivity contribution in [3.05, 3.63) is 40.4 Å². The van der Waals surface area contributed by atoms with Gasteiger partial charge in [0.25, 0.3) is 0 Å². The summed E-state index contributed by atoms with van der Waals surface area (Å²) in [5.41, 5.74) is 3.10. The maximum Gasteiger partial charge on any atom is 0.149 e. The molecule has 0 aromatic carbocycles. The lowest BCUT2D eigenvalue weighted by molar-refractivity contribution is -0.127. The Bertz CT molecular complexity index is 661. The Morgan fingerprint density at radius 1 is 1.17 bits per heavy atom. The first-order chi connectivity index (χ1) is 14.5. The van der Waals surface area contributed by atoms with Crippen LogP contribution >= 0.6 is 0 Å². The summed E-state index contributed by atoms with van der Waals surface area (Å²) in [6.45, 7) is 11.3. The molecule has 0 bridgehead atoms. The van der Waals surface area contributed by atoms with Crippen molar-refractivity contribution < 1.29 is 32.9 Å². The smallest absolute Gasteiger partial charge is 0.149 e. The quantitative estimate of drug-likeness (QED) is 0.161. The van der Waals surface area contributed by atoms with Gasteiger partial charge in [0.2, 0.25) is 0 Å². The SMILES string of the molecule is CCOCCOC/C=C(\C)COCc1oc(/C=C(\C)C[C@@H](C=O)OCOC)cc1C. The molecular formula is C23H36O7. The van der Waals surface area contributed by atoms with Gasteiger partial charge in [-0.05, 0) is 51.0 Å². The average Bonchev–Trinajstić information content (AvgIpc) is 3.06. The molecule has 0 spiro atoms. The molecular weight excluding hydrogens is 388 g/mol. The van der Waals surface area contributed by atoms with Crippen molar-refractivity contribution in [2.75, 3.05) is 46.9 Å². The average molecular weight is 425 g/mol. The number of furan rings is 1. The van der Waals surface area contributed by atoms with Crippen LogP contribution in [-0.4, -0.2) is 59.3 Å². The Labute approximate surface area is 180 Å². The first kappa shape index (κ1) is 26.3. The van der Waals surface area contributed by atoms with E-state index in [1.54, 1.807) is 0 Å². The highest BCUT2D eigenvalue weighted by Gasteiger charge is 2.11. The summed E-state index contributed by atoms with van der Waals surface area (Å²) in [5, 5.41) is 0. The van der Waals surface area contributed by atoms with Crippen molar-refractivity contribution in [2.24, 2.45) is 0 Å². The number of rotatable bonds is 17. The van der Waals surface area contributed by atoms with E-state index in [2.05, 4.69) is 0 Å². The molecule has 0 saturated carbocycles. The second kappa shape index (κ2) is 16.0. The van der Waals surface area contributed by atoms with Crippen LogP contribution in [-0.2, 0) is 35.1 Å². The first-order valence-corrected chi connectivity index (χ1v) is 10.2. The zero-order valence-corrected chi connectivity index (χ0v) is 18.9. The van der Waals surface area contributed by atoms with Crippen molar-refractivity contribution in [1.82, 2.24) is 0 Å². The molecule has 30 heavy (non-hydrogen) atoms. The Hall–Kier alpha value is -1.77. The van der Waals surface area contributed by atoms with Gasteiger partial charge in [-0.3, -0.25) is 0 Å². The van der Waals surface area contributed by atoms with Gasteiger partial charge in [-0.15, -0.1) is 0 Å². The van der Waals surface area contributed by atoms with Crippen molar-refractivity contribution in [3.8, 4) is 0 Å². The Morgan fingerprint density at radius 3 is 2.63 bits per heavy atom. The van der Waals surface area contributed by atoms with Crippen molar-refractivity contribution >= 4 is 12.4 Å². The van der Waals surface area contributed by atoms with Crippen molar-refractivity contribution in [3.63, 3.8) is 0 Å². The fourth-order valence-electron chi connectivity index (χ4n) is 2.59. The summed E-state index contributed by atoms with van der Waals surface area (Å²) < 4.78 is 32.5. The van der Waals surface area contributed by atoms with Gasteiger partial charge in [-0.1, -0.05) is 11.6 Å². The monoisotopic (exact) mass is 424 g/mol. The van der Waals surface area contributed by atoms with E-state index in [9.17, 15) is 4.79 Å². The molecule has 170 valence electrons. The number of aryl methyl sites for hydroxylation is 1. The third-order valence-corrected chi connectivity index (χ3v) is 4.19. The van der Waals surface area contributed by atoms with Crippen LogP contribution in [0.25, 0.3) is 6.08 Å². The van der Waals surface area contributed by atoms with Crippen LogP contribution in [0.15, 0.2) is 27.7 Å². The minimum atomic E-state index is -0.530. The summed E-state index contributed by atoms with van der Waals surface area (Å²) in [5.74, 6) is 1.52. The van der Waals surface area contributed by atoms with Gasteiger partial charge in [0.1, 0.15) is 37.3 Å². The van der Waals surface area contributed by atoms with Gasteiger partial charge in [0, 0.05) is 20.1 Å². The zero-order chi connectivity index (χ0) is 22.2. The Balaban J connectivity index is 2.44. The van der Waals surface area contributed by atoms with E-state index in [1.807, 2.05) is 45.9 Å². The fraction of sp³-hybridized carbons (Fsp3) is 0.609. The number of hydrogen-bond acceptors (Lipinski definition) is 7. The van der Waals surface area contributed by atoms with E-state index in [1.165, 1.54) is 7.11 Å². The number of ether oxygens (including phenoxy) is 5. The third kappa shape index (κ3) is 11.4. The van der Waals surface area contributed by atoms with E-state index < -0.39 is 6.10 Å². The molecule has 7 nitrogen and oxygen atoms in total. The molecule has 0 amide bonds. The second-order valence-corrected chi connectivity index (χ2v) is 7.01. The molecule has 0 unspecified atom stereocenters. The molecule has 0 saturated heterocycles. The molecule has 0 fully saturated rings. The van der Waals surface area contributed by atoms with Crippen LogP contribution in [0.1, 0.15) is 44.3 Å². The summed E-state index contributed by atoms with van der Waals surface area (Å²) >= 11 is 0. The highest BCUT2D eigenvalue weighted by molar-refractivity contribution is 5.58. The molecule has 0 radical (unpaired) electrons. The molecule has 0 aliphatic heterocycles. The van der Waals surface area contributed by atoms with E-state index in [-0.39, 0.29) is 6.79 Å². The normalized spacial score (nSPS) is 13.6. The van der Waals surface area contributed by atoms with E-state index in [0.29, 0.717) is 46.1 Å². The van der Waals surface area contributed by atoms with Crippen molar-refractivity contribution in [1.29, 1.82) is 0 Å². The number of carbonyl (C=O) groups is 1. The molecule has 1 rings (SSSR count). The van der Waals surface area contributed by atoms with Crippen LogP contribution < -0.4 is 0 Å². The maximum atomic E-state index is 11.1. The Morgan fingerprint density at radius 2 is 1.93 bits per heavy atom. The van der Waals surface area contributed by atoms with E-state index >= 15 is 0 Å². The maximum absolute atomic E-state index is 11.1. The molecule has 0 aliphatic carbocycles. The third-order valence-electron chi connectivity index (χ3n) is 4.19. The van der Waals surface area contributed by atoms with Crippen LogP contribution in [0.2, 0.25) is 0 Å². The van der Waals surface area contributed by atoms with Gasteiger partial charge >= 0.3 is 0 Å². The van der Waals surface area contributed by atoms with Crippen molar-refractivity contribution in [2.45, 2.75) is 46.8 Å². The van der Waals surface area contributed by atoms with Crippen LogP contribution in [0.4, 0.5) is 0 Å². The molecule has 7 heteroatoms. The lowest BCUT2D eigenvalue weighted by Gasteiger charge is -2.10. The minimum absolute atomic E-state index is 0.0886. The molecule has 0 N–H and O–H groups in total. The minimum Gasteiger partial charge on any atom is -0.459 e. The van der Waals surface area contributed by atoms with Crippen LogP contribution in [0, 0.1) is 6.92 Å². The summed E-state index contributed by atoms with van der Waals surface area (Å²) in [6.07, 6.45) is 4.65. The van der Waals surface area contributed by atoms with Gasteiger partial charge in [0.15, 0.2) is 0 Å². The largest absolute Gasteiger partial charge is 0.459 e. The fourth-order valence-corrected chi connectivity index (χ4v) is 2.59. The van der Waals surface area contributed by atoms with Gasteiger partial charge in [0.05, 0.1) is 26.4 Å². The number of hydrogen-bond donors (Lipinski definition) is 0. The highest BCUT2D eigenvalue weighted by atomic mass is 16.7. The lowest BCUT2D eigenvalue weighted by Crippen LogP contribution is -2.16. The second-order valence-electron chi connectivity index (χ2n) is 7.01. The zero-order valence-electron chi connectivity index (χ0n) is 18.9. The van der Waals surface area contributed by atoms with Gasteiger partial charge in [-0.2, -0.15) is 0 Å². The number of carbonyl (C=O) groups excluding carboxylic acids is 1. The highest BCUT2D eigenvalue weighted by Crippen LogP contribution is 2.20. The van der Waals surface area contributed by atoms with Gasteiger partial charge in [-0.25, -0.2) is 0 Å². The topological polar surface area (TPSA) is 76.4 Å². The molecule has 1 atom stereocenters. The summed E-state index contributed by atoms with van der Waals surface area (Å²) in [7, 11) is 1.52. The number of aldehydes is 1. The Kier molecular flexibility index (Phi) is 14.0. The van der Waals surface area contributed by atoms with E-state index in [0.717, 1.165) is 34.5 Å². The van der Waals surface area contributed by atoms with Gasteiger partial charge < -0.3 is 32.9 Å². The molecule has 0 aliphatic rings. The predicted molar refractivity (Wildman–Crippen MR) is 115 cm³/mol. The predicted octanol–water partition coefficient (Wildman–Crippen LogP) is 4.09. The molecule has 1 aromatic heterocycles. The summed E-state index contributed by atoms with van der Waals surface area (Å²) in [6, 6.07) is 1.96. The molecule has 1 aromatic rings. The van der Waals surface area contributed by atoms with Crippen LogP contribution in [0.5, 0.6) is 0 Å². The lowest BCUT2D eigenvalue weighted by atomic mass is 10.1. The standard InChI is InChI=1S/C23H36O7/c1-6-26-9-10-27-8-7-18(2)15-28-16-23-20(4)13-21(30-23)11-19(3)12-22(14-24)29-17-25-5/h7,11,13-14,22H,6,8-10,12,15-17H2,1-5H3/b18-7+,19-11+/t22-/m0/s1. The molecule has 1 heterocycles. The van der Waals surface area contributed by atoms with E-state index in [4.69, 9.17) is 28.1 Å². The summed E-state index contributed by atoms with van der Waals surface area (Å²) in [4.78, 5) is 11.1. The first-order valence-electron chi connectivity index (χ1n) is 10.2. The number of methoxy groups -OCH3 is 1. The van der Waals surface area contributed by atoms with Crippen LogP contribution in [0.3, 0.4) is 0 Å².